The molecular formula is C15H17N3O3S. The van der Waals surface area contributed by atoms with Gasteiger partial charge in [0.05, 0.1) is 23.7 Å². The Morgan fingerprint density at radius 3 is 2.86 bits per heavy atom. The van der Waals surface area contributed by atoms with Crippen LogP contribution >= 0.6 is 0 Å². The van der Waals surface area contributed by atoms with Crippen molar-refractivity contribution in [2.75, 3.05) is 11.5 Å². The summed E-state index contributed by atoms with van der Waals surface area (Å²) in [5, 5.41) is 7.49. The number of aromatic nitrogens is 1. The number of benzene rings is 1. The van der Waals surface area contributed by atoms with Crippen molar-refractivity contribution in [3.8, 4) is 0 Å². The number of sulfone groups is 1. The summed E-state index contributed by atoms with van der Waals surface area (Å²) in [7, 11) is -2.99. The van der Waals surface area contributed by atoms with Crippen LogP contribution in [0.25, 0.3) is 10.8 Å². The highest BCUT2D eigenvalue weighted by molar-refractivity contribution is 7.91. The van der Waals surface area contributed by atoms with Crippen molar-refractivity contribution in [3.05, 3.63) is 42.2 Å². The monoisotopic (exact) mass is 319 g/mol. The number of amides is 2. The predicted molar refractivity (Wildman–Crippen MR) is 84.2 cm³/mol. The first-order valence-corrected chi connectivity index (χ1v) is 8.93. The maximum absolute atomic E-state index is 11.9. The fourth-order valence-corrected chi connectivity index (χ4v) is 4.31. The molecule has 1 aliphatic rings. The molecule has 1 aromatic heterocycles. The van der Waals surface area contributed by atoms with Gasteiger partial charge in [0.15, 0.2) is 9.84 Å². The summed E-state index contributed by atoms with van der Waals surface area (Å²) in [4.78, 5) is 16.2. The molecule has 116 valence electrons. The Bertz CT molecular complexity index is 799. The van der Waals surface area contributed by atoms with Crippen molar-refractivity contribution < 1.29 is 13.2 Å². The average molecular weight is 319 g/mol. The molecule has 7 heteroatoms. The molecule has 2 heterocycles. The molecule has 2 aromatic rings. The van der Waals surface area contributed by atoms with E-state index < -0.39 is 9.84 Å². The van der Waals surface area contributed by atoms with E-state index in [1.807, 2.05) is 30.3 Å². The van der Waals surface area contributed by atoms with Crippen molar-refractivity contribution >= 4 is 26.6 Å². The molecule has 0 aliphatic carbocycles. The smallest absolute Gasteiger partial charge is 0.315 e. The second-order valence-corrected chi connectivity index (χ2v) is 7.63. The van der Waals surface area contributed by atoms with Crippen LogP contribution in [-0.2, 0) is 16.4 Å². The predicted octanol–water partition coefficient (Wildman–Crippen LogP) is 1.22. The minimum atomic E-state index is -2.99. The zero-order valence-corrected chi connectivity index (χ0v) is 12.8. The van der Waals surface area contributed by atoms with Crippen LogP contribution in [0, 0.1) is 0 Å². The molecule has 2 amide bonds. The topological polar surface area (TPSA) is 88.2 Å². The van der Waals surface area contributed by atoms with E-state index in [0.717, 1.165) is 16.5 Å². The number of carbonyl (C=O) groups excluding carboxylic acids is 1. The molecule has 0 unspecified atom stereocenters. The average Bonchev–Trinajstić information content (AvgIpc) is 2.84. The van der Waals surface area contributed by atoms with Crippen LogP contribution in [0.2, 0.25) is 0 Å². The van der Waals surface area contributed by atoms with Gasteiger partial charge in [0, 0.05) is 17.6 Å². The summed E-state index contributed by atoms with van der Waals surface area (Å²) in [6.07, 6.45) is 2.18. The SMILES string of the molecule is O=C(NCc1nccc2ccccc12)N[C@@H]1CCS(=O)(=O)C1. The second-order valence-electron chi connectivity index (χ2n) is 5.41. The van der Waals surface area contributed by atoms with E-state index >= 15 is 0 Å². The maximum Gasteiger partial charge on any atom is 0.315 e. The van der Waals surface area contributed by atoms with Crippen molar-refractivity contribution in [2.45, 2.75) is 19.0 Å². The zero-order chi connectivity index (χ0) is 15.6. The lowest BCUT2D eigenvalue weighted by molar-refractivity contribution is 0.237. The number of hydrogen-bond acceptors (Lipinski definition) is 4. The molecule has 1 atom stereocenters. The molecule has 1 aliphatic heterocycles. The molecule has 1 fully saturated rings. The van der Waals surface area contributed by atoms with E-state index in [0.29, 0.717) is 13.0 Å². The quantitative estimate of drug-likeness (QED) is 0.890. The van der Waals surface area contributed by atoms with E-state index in [1.54, 1.807) is 6.20 Å². The molecule has 3 rings (SSSR count). The van der Waals surface area contributed by atoms with Gasteiger partial charge in [-0.25, -0.2) is 13.2 Å². The lowest BCUT2D eigenvalue weighted by atomic mass is 10.1. The van der Waals surface area contributed by atoms with Crippen molar-refractivity contribution in [2.24, 2.45) is 0 Å². The van der Waals surface area contributed by atoms with Gasteiger partial charge < -0.3 is 10.6 Å². The summed E-state index contributed by atoms with van der Waals surface area (Å²) < 4.78 is 22.7. The highest BCUT2D eigenvalue weighted by Crippen LogP contribution is 2.16. The number of nitrogens with zero attached hydrogens (tertiary/aromatic N) is 1. The number of urea groups is 1. The number of carbonyl (C=O) groups is 1. The largest absolute Gasteiger partial charge is 0.334 e. The van der Waals surface area contributed by atoms with E-state index in [4.69, 9.17) is 0 Å². The van der Waals surface area contributed by atoms with Gasteiger partial charge >= 0.3 is 6.03 Å². The summed E-state index contributed by atoms with van der Waals surface area (Å²) in [6, 6.07) is 9.08. The van der Waals surface area contributed by atoms with Crippen molar-refractivity contribution in [1.82, 2.24) is 15.6 Å². The Kier molecular flexibility index (Phi) is 3.98. The van der Waals surface area contributed by atoms with E-state index in [2.05, 4.69) is 15.6 Å². The summed E-state index contributed by atoms with van der Waals surface area (Å²) in [5.74, 6) is 0.162. The van der Waals surface area contributed by atoms with Crippen LogP contribution in [0.3, 0.4) is 0 Å². The van der Waals surface area contributed by atoms with E-state index in [1.165, 1.54) is 0 Å². The van der Waals surface area contributed by atoms with Gasteiger partial charge in [-0.3, -0.25) is 4.98 Å². The fourth-order valence-electron chi connectivity index (χ4n) is 2.63. The van der Waals surface area contributed by atoms with Gasteiger partial charge in [0.25, 0.3) is 0 Å². The summed E-state index contributed by atoms with van der Waals surface area (Å²) >= 11 is 0. The van der Waals surface area contributed by atoms with E-state index in [-0.39, 0.29) is 23.6 Å². The Hall–Kier alpha value is -2.15. The highest BCUT2D eigenvalue weighted by atomic mass is 32.2. The minimum absolute atomic E-state index is 0.0208. The number of hydrogen-bond donors (Lipinski definition) is 2. The first kappa shape index (κ1) is 14.8. The van der Waals surface area contributed by atoms with Gasteiger partial charge in [-0.1, -0.05) is 24.3 Å². The Balaban J connectivity index is 1.61. The first-order chi connectivity index (χ1) is 10.5. The third-order valence-corrected chi connectivity index (χ3v) is 5.51. The zero-order valence-electron chi connectivity index (χ0n) is 12.0. The Morgan fingerprint density at radius 2 is 2.09 bits per heavy atom. The molecule has 6 nitrogen and oxygen atoms in total. The molecule has 0 radical (unpaired) electrons. The minimum Gasteiger partial charge on any atom is -0.334 e. The third-order valence-electron chi connectivity index (χ3n) is 3.74. The van der Waals surface area contributed by atoms with Gasteiger partial charge in [0.2, 0.25) is 0 Å². The highest BCUT2D eigenvalue weighted by Gasteiger charge is 2.28. The molecular weight excluding hydrogens is 302 g/mol. The molecule has 1 aromatic carbocycles. The Labute approximate surface area is 128 Å². The van der Waals surface area contributed by atoms with Crippen LogP contribution in [-0.4, -0.2) is 37.0 Å². The van der Waals surface area contributed by atoms with Gasteiger partial charge in [-0.2, -0.15) is 0 Å². The third kappa shape index (κ3) is 3.36. The summed E-state index contributed by atoms with van der Waals surface area (Å²) in [6.45, 7) is 0.298. The van der Waals surface area contributed by atoms with Crippen LogP contribution < -0.4 is 10.6 Å². The van der Waals surface area contributed by atoms with E-state index in [9.17, 15) is 13.2 Å². The van der Waals surface area contributed by atoms with Crippen molar-refractivity contribution in [1.29, 1.82) is 0 Å². The summed E-state index contributed by atoms with van der Waals surface area (Å²) in [5.41, 5.74) is 0.785. The molecule has 22 heavy (non-hydrogen) atoms. The standard InChI is InChI=1S/C15H17N3O3S/c19-15(18-12-6-8-22(20,21)10-12)17-9-14-13-4-2-1-3-11(13)5-7-16-14/h1-5,7,12H,6,8-10H2,(H2,17,18,19)/t12-/m1/s1. The van der Waals surface area contributed by atoms with Crippen LogP contribution in [0.15, 0.2) is 36.5 Å². The van der Waals surface area contributed by atoms with Crippen molar-refractivity contribution in [3.63, 3.8) is 0 Å². The maximum atomic E-state index is 11.9. The second kappa shape index (κ2) is 5.92. The molecule has 0 bridgehead atoms. The lowest BCUT2D eigenvalue weighted by Crippen LogP contribution is -2.42. The number of rotatable bonds is 3. The first-order valence-electron chi connectivity index (χ1n) is 7.11. The fraction of sp³-hybridized carbons (Fsp3) is 0.333. The van der Waals surface area contributed by atoms with Crippen LogP contribution in [0.1, 0.15) is 12.1 Å². The number of fused-ring (bicyclic) bond motifs is 1. The number of pyridine rings is 1. The molecule has 2 N–H and O–H groups in total. The number of nitrogens with one attached hydrogen (secondary N) is 2. The normalized spacial score (nSPS) is 19.9. The van der Waals surface area contributed by atoms with Crippen LogP contribution in [0.5, 0.6) is 0 Å². The van der Waals surface area contributed by atoms with Gasteiger partial charge in [-0.05, 0) is 17.9 Å². The Morgan fingerprint density at radius 1 is 1.27 bits per heavy atom. The van der Waals surface area contributed by atoms with Crippen LogP contribution in [0.4, 0.5) is 4.79 Å². The van der Waals surface area contributed by atoms with Gasteiger partial charge in [-0.15, -0.1) is 0 Å². The molecule has 1 saturated heterocycles. The molecule has 0 spiro atoms. The molecule has 0 saturated carbocycles. The van der Waals surface area contributed by atoms with Gasteiger partial charge in [0.1, 0.15) is 0 Å². The lowest BCUT2D eigenvalue weighted by Gasteiger charge is -2.12.